The van der Waals surface area contributed by atoms with E-state index in [4.69, 9.17) is 4.74 Å². The summed E-state index contributed by atoms with van der Waals surface area (Å²) in [4.78, 5) is 31.3. The molecule has 0 aromatic carbocycles. The van der Waals surface area contributed by atoms with Gasteiger partial charge in [0.05, 0.1) is 12.2 Å². The zero-order valence-corrected chi connectivity index (χ0v) is 10.9. The molecule has 106 valence electrons. The van der Waals surface area contributed by atoms with Gasteiger partial charge in [0.2, 0.25) is 11.7 Å². The van der Waals surface area contributed by atoms with Crippen molar-refractivity contribution >= 4 is 11.8 Å². The fourth-order valence-electron chi connectivity index (χ4n) is 2.76. The van der Waals surface area contributed by atoms with Crippen LogP contribution in [0.5, 0.6) is 0 Å². The quantitative estimate of drug-likeness (QED) is 0.752. The molecule has 1 unspecified atom stereocenters. The lowest BCUT2D eigenvalue weighted by molar-refractivity contribution is -0.131. The van der Waals surface area contributed by atoms with Crippen LogP contribution in [-0.4, -0.2) is 34.0 Å². The Kier molecular flexibility index (Phi) is 3.60. The molecule has 2 aliphatic heterocycles. The molecule has 7 nitrogen and oxygen atoms in total. The molecule has 3 heterocycles. The number of fused-ring (bicyclic) bond motifs is 2. The van der Waals surface area contributed by atoms with Crippen LogP contribution in [0.25, 0.3) is 0 Å². The van der Waals surface area contributed by atoms with Gasteiger partial charge in [0.15, 0.2) is 0 Å². The van der Waals surface area contributed by atoms with E-state index < -0.39 is 5.91 Å². The molecule has 1 aromatic rings. The van der Waals surface area contributed by atoms with E-state index in [1.165, 1.54) is 12.4 Å². The van der Waals surface area contributed by atoms with Crippen molar-refractivity contribution in [2.45, 2.75) is 37.9 Å². The first-order chi connectivity index (χ1) is 9.72. The van der Waals surface area contributed by atoms with Gasteiger partial charge in [-0.2, -0.15) is 0 Å². The number of hydrogen-bond acceptors (Lipinski definition) is 5. The third kappa shape index (κ3) is 2.77. The second-order valence-electron chi connectivity index (χ2n) is 5.14. The smallest absolute Gasteiger partial charge is 0.307 e. The van der Waals surface area contributed by atoms with E-state index in [1.807, 2.05) is 0 Å². The number of nitrogens with one attached hydrogen (secondary N) is 2. The highest BCUT2D eigenvalue weighted by Gasteiger charge is 2.38. The van der Waals surface area contributed by atoms with Crippen molar-refractivity contribution in [3.8, 4) is 0 Å². The lowest BCUT2D eigenvalue weighted by atomic mass is 9.95. The van der Waals surface area contributed by atoms with Gasteiger partial charge in [0.1, 0.15) is 0 Å². The van der Waals surface area contributed by atoms with E-state index >= 15 is 0 Å². The number of amides is 2. The fraction of sp³-hybridized carbons (Fsp3) is 0.538. The maximum absolute atomic E-state index is 12.0. The van der Waals surface area contributed by atoms with Crippen LogP contribution in [0.3, 0.4) is 0 Å². The average molecular weight is 276 g/mol. The van der Waals surface area contributed by atoms with Gasteiger partial charge < -0.3 is 4.74 Å². The van der Waals surface area contributed by atoms with Crippen LogP contribution in [0.1, 0.15) is 36.3 Å². The molecule has 2 N–H and O–H groups in total. The Morgan fingerprint density at radius 3 is 2.40 bits per heavy atom. The minimum atomic E-state index is -0.519. The third-order valence-electron chi connectivity index (χ3n) is 3.73. The Balaban J connectivity index is 1.51. The van der Waals surface area contributed by atoms with Crippen LogP contribution in [0.15, 0.2) is 18.5 Å². The van der Waals surface area contributed by atoms with Gasteiger partial charge in [0, 0.05) is 18.3 Å². The molecular weight excluding hydrogens is 260 g/mol. The summed E-state index contributed by atoms with van der Waals surface area (Å²) in [6.07, 6.45) is 6.83. The molecule has 20 heavy (non-hydrogen) atoms. The van der Waals surface area contributed by atoms with Gasteiger partial charge >= 0.3 is 5.91 Å². The second kappa shape index (κ2) is 5.54. The first-order valence-corrected chi connectivity index (χ1v) is 6.75. The third-order valence-corrected chi connectivity index (χ3v) is 3.73. The minimum absolute atomic E-state index is 0.0276. The maximum Gasteiger partial charge on any atom is 0.307 e. The summed E-state index contributed by atoms with van der Waals surface area (Å²) in [5.41, 5.74) is 4.79. The van der Waals surface area contributed by atoms with Crippen molar-refractivity contribution in [2.75, 3.05) is 0 Å². The van der Waals surface area contributed by atoms with E-state index in [-0.39, 0.29) is 29.9 Å². The van der Waals surface area contributed by atoms with Gasteiger partial charge in [-0.15, -0.1) is 0 Å². The van der Waals surface area contributed by atoms with E-state index in [1.54, 1.807) is 6.07 Å². The number of carbonyl (C=O) groups excluding carboxylic acids is 2. The van der Waals surface area contributed by atoms with Crippen molar-refractivity contribution < 1.29 is 14.3 Å². The highest BCUT2D eigenvalue weighted by Crippen LogP contribution is 2.35. The lowest BCUT2D eigenvalue weighted by Crippen LogP contribution is -2.47. The summed E-state index contributed by atoms with van der Waals surface area (Å²) in [6.45, 7) is 0. The van der Waals surface area contributed by atoms with Crippen molar-refractivity contribution in [1.29, 1.82) is 0 Å². The van der Waals surface area contributed by atoms with Crippen LogP contribution < -0.4 is 10.9 Å². The molecule has 2 aliphatic rings. The standard InChI is InChI=1S/C13H16N4O3/c18-12(8-6-9-2-3-10(7-8)20-9)16-17-13(19)11-14-4-1-5-15-11/h1,4-5,8-10H,2-3,6-7H2,(H,16,18)(H,17,19)/t8?,9-,10+. The molecule has 1 aromatic heterocycles. The van der Waals surface area contributed by atoms with E-state index in [2.05, 4.69) is 20.8 Å². The Hall–Kier alpha value is -2.02. The molecule has 3 atom stereocenters. The molecule has 2 amide bonds. The van der Waals surface area contributed by atoms with E-state index in [0.29, 0.717) is 0 Å². The number of hydrogen-bond donors (Lipinski definition) is 2. The summed E-state index contributed by atoms with van der Waals surface area (Å²) in [7, 11) is 0. The van der Waals surface area contributed by atoms with Gasteiger partial charge in [0.25, 0.3) is 0 Å². The average Bonchev–Trinajstić information content (AvgIpc) is 2.83. The van der Waals surface area contributed by atoms with Crippen molar-refractivity contribution in [3.05, 3.63) is 24.3 Å². The Morgan fingerprint density at radius 1 is 1.10 bits per heavy atom. The highest BCUT2D eigenvalue weighted by atomic mass is 16.5. The number of carbonyl (C=O) groups is 2. The minimum Gasteiger partial charge on any atom is -0.375 e. The van der Waals surface area contributed by atoms with Crippen molar-refractivity contribution in [3.63, 3.8) is 0 Å². The summed E-state index contributed by atoms with van der Waals surface area (Å²) < 4.78 is 5.69. The predicted molar refractivity (Wildman–Crippen MR) is 68.3 cm³/mol. The Labute approximate surface area is 116 Å². The summed E-state index contributed by atoms with van der Waals surface area (Å²) >= 11 is 0. The van der Waals surface area contributed by atoms with Crippen LogP contribution in [0.2, 0.25) is 0 Å². The van der Waals surface area contributed by atoms with Crippen LogP contribution in [0, 0.1) is 5.92 Å². The van der Waals surface area contributed by atoms with Crippen LogP contribution in [-0.2, 0) is 9.53 Å². The van der Waals surface area contributed by atoms with Crippen LogP contribution in [0.4, 0.5) is 0 Å². The fourth-order valence-corrected chi connectivity index (χ4v) is 2.76. The number of nitrogens with zero attached hydrogens (tertiary/aromatic N) is 2. The highest BCUT2D eigenvalue weighted by molar-refractivity contribution is 5.92. The molecule has 2 bridgehead atoms. The Bertz CT molecular complexity index is 496. The summed E-state index contributed by atoms with van der Waals surface area (Å²) in [5.74, 6) is -0.762. The molecular formula is C13H16N4O3. The summed E-state index contributed by atoms with van der Waals surface area (Å²) in [6, 6.07) is 1.62. The van der Waals surface area contributed by atoms with Gasteiger partial charge in [-0.25, -0.2) is 9.97 Å². The van der Waals surface area contributed by atoms with Crippen LogP contribution >= 0.6 is 0 Å². The molecule has 0 saturated carbocycles. The zero-order chi connectivity index (χ0) is 13.9. The van der Waals surface area contributed by atoms with Gasteiger partial charge in [-0.1, -0.05) is 0 Å². The monoisotopic (exact) mass is 276 g/mol. The first kappa shape index (κ1) is 13.0. The molecule has 2 fully saturated rings. The number of ether oxygens (including phenoxy) is 1. The van der Waals surface area contributed by atoms with Gasteiger partial charge in [-0.05, 0) is 31.7 Å². The molecule has 0 aliphatic carbocycles. The van der Waals surface area contributed by atoms with E-state index in [0.717, 1.165) is 25.7 Å². The largest absolute Gasteiger partial charge is 0.375 e. The predicted octanol–water partition coefficient (Wildman–Crippen LogP) is 0.195. The van der Waals surface area contributed by atoms with Gasteiger partial charge in [-0.3, -0.25) is 20.4 Å². The van der Waals surface area contributed by atoms with E-state index in [9.17, 15) is 9.59 Å². The molecule has 0 spiro atoms. The number of hydrazine groups is 1. The Morgan fingerprint density at radius 2 is 1.75 bits per heavy atom. The summed E-state index contributed by atoms with van der Waals surface area (Å²) in [5, 5.41) is 0. The number of rotatable bonds is 2. The lowest BCUT2D eigenvalue weighted by Gasteiger charge is -2.27. The molecule has 0 radical (unpaired) electrons. The normalized spacial score (nSPS) is 27.9. The zero-order valence-electron chi connectivity index (χ0n) is 10.9. The molecule has 3 rings (SSSR count). The molecule has 7 heteroatoms. The number of aromatic nitrogens is 2. The maximum atomic E-state index is 12.0. The second-order valence-corrected chi connectivity index (χ2v) is 5.14. The molecule has 2 saturated heterocycles. The SMILES string of the molecule is O=C(NNC(=O)C1C[C@H]2CC[C@@H](C1)O2)c1ncccn1. The van der Waals surface area contributed by atoms with Crippen molar-refractivity contribution in [1.82, 2.24) is 20.8 Å². The topological polar surface area (TPSA) is 93.2 Å². The van der Waals surface area contributed by atoms with Crippen molar-refractivity contribution in [2.24, 2.45) is 5.92 Å². The first-order valence-electron chi connectivity index (χ1n) is 6.75.